The number of aliphatic imine (C=N–C) groups is 2. The first-order valence-corrected chi connectivity index (χ1v) is 26.7. The van der Waals surface area contributed by atoms with Crippen LogP contribution in [0.2, 0.25) is 0 Å². The maximum absolute atomic E-state index is 13.6. The maximum Gasteiger partial charge on any atom is 0.277 e. The molecule has 68 heavy (non-hydrogen) atoms. The molecule has 8 heteroatoms. The van der Waals surface area contributed by atoms with Crippen molar-refractivity contribution in [2.24, 2.45) is 9.98 Å². The van der Waals surface area contributed by atoms with Crippen LogP contribution >= 0.6 is 0 Å². The molecule has 1 aliphatic heterocycles. The number of pyridine rings is 1. The number of aryl methyl sites for hydroxylation is 3. The summed E-state index contributed by atoms with van der Waals surface area (Å²) in [7, 11) is 0. The number of anilines is 1. The third kappa shape index (κ3) is 17.7. The number of amides is 2. The van der Waals surface area contributed by atoms with Crippen molar-refractivity contribution >= 4 is 40.8 Å². The quantitative estimate of drug-likeness (QED) is 0.0477. The molecule has 0 unspecified atom stereocenters. The highest BCUT2D eigenvalue weighted by Gasteiger charge is 2.39. The van der Waals surface area contributed by atoms with Crippen molar-refractivity contribution in [1.29, 1.82) is 0 Å². The number of carbonyl (C=O) groups excluding carboxylic acids is 3. The van der Waals surface area contributed by atoms with Crippen molar-refractivity contribution in [3.8, 4) is 0 Å². The molecule has 0 spiro atoms. The van der Waals surface area contributed by atoms with Gasteiger partial charge in [-0.1, -0.05) is 192 Å². The minimum Gasteiger partial charge on any atom is -0.506 e. The first-order valence-electron chi connectivity index (χ1n) is 26.7. The van der Waals surface area contributed by atoms with E-state index >= 15 is 0 Å². The van der Waals surface area contributed by atoms with Gasteiger partial charge < -0.3 is 10.4 Å². The van der Waals surface area contributed by atoms with Gasteiger partial charge in [-0.3, -0.25) is 24.4 Å². The number of carbonyl (C=O) groups is 3. The zero-order chi connectivity index (χ0) is 48.4. The van der Waals surface area contributed by atoms with E-state index in [4.69, 9.17) is 0 Å². The first kappa shape index (κ1) is 53.7. The molecule has 2 aromatic carbocycles. The lowest BCUT2D eigenvalue weighted by molar-refractivity contribution is -0.111. The fourth-order valence-electron chi connectivity index (χ4n) is 9.44. The Hall–Kier alpha value is -5.24. The zero-order valence-electron chi connectivity index (χ0n) is 42.2. The van der Waals surface area contributed by atoms with Gasteiger partial charge >= 0.3 is 0 Å². The predicted octanol–water partition coefficient (Wildman–Crippen LogP) is 16.3. The second-order valence-electron chi connectivity index (χ2n) is 19.4. The number of hydrogen-bond acceptors (Lipinski definition) is 6. The Morgan fingerprint density at radius 3 is 1.54 bits per heavy atom. The van der Waals surface area contributed by atoms with Gasteiger partial charge in [0.2, 0.25) is 5.78 Å². The Morgan fingerprint density at radius 1 is 0.603 bits per heavy atom. The number of benzene rings is 2. The van der Waals surface area contributed by atoms with Crippen LogP contribution < -0.4 is 5.32 Å². The minimum atomic E-state index is -0.369. The van der Waals surface area contributed by atoms with Crippen molar-refractivity contribution in [2.75, 3.05) is 5.32 Å². The number of rotatable bonds is 32. The SMILES string of the molecule is CCCCCCCCCCCCCCCc1cccc(C(=O)N=C2C=N/C(=C3/C(=O)C(c4ncc(NC(=O)c5cccc(CCCCCCCCCCCCCCC)c5)cc4C)=C3O)C(C)=C2)c1. The van der Waals surface area contributed by atoms with E-state index in [1.165, 1.54) is 167 Å². The van der Waals surface area contributed by atoms with Gasteiger partial charge in [0.25, 0.3) is 11.8 Å². The van der Waals surface area contributed by atoms with Crippen LogP contribution in [-0.2, 0) is 17.6 Å². The standard InChI is InChI=1S/C60H82N4O4/c1-5-7-9-11-13-15-17-19-21-23-25-27-29-33-47-35-31-37-49(41-47)59(67)63-51-39-45(3)55(61-43-51)53-57(65)54(58(53)66)56-46(4)40-52(44-62-56)64-60(68)50-38-32-36-48(42-50)34-30-28-26-24-22-20-18-16-14-12-10-8-6-2/h31-32,35-44,65H,5-30,33-34H2,1-4H3,(H,63,67)/b56-54+,64-52?. The van der Waals surface area contributed by atoms with Crippen LogP contribution in [0.3, 0.4) is 0 Å². The van der Waals surface area contributed by atoms with Crippen LogP contribution in [-0.4, -0.2) is 39.6 Å². The number of nitrogens with zero attached hydrogens (tertiary/aromatic N) is 3. The second kappa shape index (κ2) is 30.3. The Kier molecular flexibility index (Phi) is 23.9. The summed E-state index contributed by atoms with van der Waals surface area (Å²) in [6.45, 7) is 8.12. The molecular formula is C60H82N4O4. The highest BCUT2D eigenvalue weighted by Crippen LogP contribution is 2.40. The molecule has 1 aliphatic carbocycles. The highest BCUT2D eigenvalue weighted by atomic mass is 16.3. The summed E-state index contributed by atoms with van der Waals surface area (Å²) in [6, 6.07) is 17.3. The summed E-state index contributed by atoms with van der Waals surface area (Å²) in [6.07, 6.45) is 40.9. The van der Waals surface area contributed by atoms with Gasteiger partial charge in [-0.15, -0.1) is 0 Å². The minimum absolute atomic E-state index is 0.105. The first-order chi connectivity index (χ1) is 33.2. The number of aliphatic hydroxyl groups excluding tert-OH is 1. The van der Waals surface area contributed by atoms with E-state index in [9.17, 15) is 19.5 Å². The summed E-state index contributed by atoms with van der Waals surface area (Å²) >= 11 is 0. The monoisotopic (exact) mass is 923 g/mol. The van der Waals surface area contributed by atoms with Gasteiger partial charge in [0.15, 0.2) is 0 Å². The number of nitrogens with one attached hydrogen (secondary N) is 1. The predicted molar refractivity (Wildman–Crippen MR) is 284 cm³/mol. The zero-order valence-corrected chi connectivity index (χ0v) is 42.2. The Bertz CT molecular complexity index is 2260. The van der Waals surface area contributed by atoms with Gasteiger partial charge in [0.05, 0.1) is 46.3 Å². The number of unbranched alkanes of at least 4 members (excludes halogenated alkanes) is 24. The molecule has 2 amide bonds. The van der Waals surface area contributed by atoms with Crippen LogP contribution in [0.4, 0.5) is 5.69 Å². The number of ketones is 1. The average Bonchev–Trinajstić information content (AvgIpc) is 3.33. The molecule has 2 heterocycles. The largest absolute Gasteiger partial charge is 0.506 e. The number of dihydropyridines is 1. The van der Waals surface area contributed by atoms with E-state index < -0.39 is 0 Å². The van der Waals surface area contributed by atoms with Gasteiger partial charge in [0, 0.05) is 11.1 Å². The molecular weight excluding hydrogens is 841 g/mol. The van der Waals surface area contributed by atoms with Crippen LogP contribution in [0.25, 0.3) is 5.57 Å². The van der Waals surface area contributed by atoms with E-state index in [1.54, 1.807) is 32.1 Å². The molecule has 5 rings (SSSR count). The molecule has 0 radical (unpaired) electrons. The van der Waals surface area contributed by atoms with Crippen molar-refractivity contribution in [2.45, 2.75) is 207 Å². The van der Waals surface area contributed by atoms with Crippen LogP contribution in [0, 0.1) is 6.92 Å². The lowest BCUT2D eigenvalue weighted by Gasteiger charge is -2.24. The summed E-state index contributed by atoms with van der Waals surface area (Å²) < 4.78 is 0. The molecule has 0 atom stereocenters. The molecule has 2 N–H and O–H groups in total. The number of allylic oxidation sites excluding steroid dienone is 4. The maximum atomic E-state index is 13.6. The molecule has 0 saturated carbocycles. The van der Waals surface area contributed by atoms with Gasteiger partial charge in [-0.05, 0) is 98.2 Å². The molecule has 0 bridgehead atoms. The Labute approximate surface area is 409 Å². The van der Waals surface area contributed by atoms with Crippen LogP contribution in [0.1, 0.15) is 231 Å². The van der Waals surface area contributed by atoms with Crippen LogP contribution in [0.5, 0.6) is 0 Å². The molecule has 3 aromatic rings. The fraction of sp³-hybridized carbons (Fsp3) is 0.533. The van der Waals surface area contributed by atoms with Gasteiger partial charge in [-0.2, -0.15) is 0 Å². The summed E-state index contributed by atoms with van der Waals surface area (Å²) in [5.41, 5.74) is 6.44. The van der Waals surface area contributed by atoms with Gasteiger partial charge in [0.1, 0.15) is 5.76 Å². The van der Waals surface area contributed by atoms with Crippen molar-refractivity contribution in [3.05, 3.63) is 123 Å². The molecule has 0 fully saturated rings. The molecule has 2 aliphatic rings. The van der Waals surface area contributed by atoms with E-state index in [-0.39, 0.29) is 34.5 Å². The number of aliphatic hydroxyl groups is 1. The third-order valence-corrected chi connectivity index (χ3v) is 13.5. The molecule has 8 nitrogen and oxygen atoms in total. The number of aromatic nitrogens is 1. The average molecular weight is 923 g/mol. The van der Waals surface area contributed by atoms with E-state index in [2.05, 4.69) is 46.3 Å². The van der Waals surface area contributed by atoms with Crippen molar-refractivity contribution in [1.82, 2.24) is 4.98 Å². The summed E-state index contributed by atoms with van der Waals surface area (Å²) in [4.78, 5) is 53.4. The normalized spacial score (nSPS) is 15.3. The molecule has 0 saturated heterocycles. The van der Waals surface area contributed by atoms with Crippen molar-refractivity contribution < 1.29 is 19.5 Å². The smallest absolute Gasteiger partial charge is 0.277 e. The topological polar surface area (TPSA) is 121 Å². The molecule has 366 valence electrons. The third-order valence-electron chi connectivity index (χ3n) is 13.5. The van der Waals surface area contributed by atoms with Crippen molar-refractivity contribution in [3.63, 3.8) is 0 Å². The lowest BCUT2D eigenvalue weighted by Crippen LogP contribution is -2.25. The summed E-state index contributed by atoms with van der Waals surface area (Å²) in [5, 5.41) is 14.2. The van der Waals surface area contributed by atoms with E-state index in [0.29, 0.717) is 45.1 Å². The molecule has 1 aromatic heterocycles. The van der Waals surface area contributed by atoms with Gasteiger partial charge in [-0.25, -0.2) is 4.99 Å². The highest BCUT2D eigenvalue weighted by molar-refractivity contribution is 6.41. The Morgan fingerprint density at radius 2 is 1.07 bits per heavy atom. The van der Waals surface area contributed by atoms with E-state index in [1.807, 2.05) is 30.3 Å². The van der Waals surface area contributed by atoms with Crippen LogP contribution in [0.15, 0.2) is 99.5 Å². The fourth-order valence-corrected chi connectivity index (χ4v) is 9.44. The number of Topliss-reactive ketones (excluding diaryl/α,β-unsaturated/α-hetero) is 1. The lowest BCUT2D eigenvalue weighted by atomic mass is 9.81. The Balaban J connectivity index is 1.05. The second-order valence-corrected chi connectivity index (χ2v) is 19.4. The number of hydrogen-bond donors (Lipinski definition) is 2. The van der Waals surface area contributed by atoms with E-state index in [0.717, 1.165) is 36.8 Å². The summed E-state index contributed by atoms with van der Waals surface area (Å²) in [5.74, 6) is -1.12.